The van der Waals surface area contributed by atoms with Crippen LogP contribution in [0.2, 0.25) is 5.02 Å². The quantitative estimate of drug-likeness (QED) is 0.254. The molecule has 3 aromatic carbocycles. The number of ether oxygens (including phenoxy) is 1. The molecule has 0 spiro atoms. The number of carbonyl (C=O) groups is 1. The summed E-state index contributed by atoms with van der Waals surface area (Å²) in [4.78, 5) is 17.8. The van der Waals surface area contributed by atoms with E-state index in [0.717, 1.165) is 32.9 Å². The summed E-state index contributed by atoms with van der Waals surface area (Å²) in [5, 5.41) is 2.18. The highest BCUT2D eigenvalue weighted by atomic mass is 35.5. The lowest BCUT2D eigenvalue weighted by Gasteiger charge is -2.14. The number of aromatic nitrogens is 1. The van der Waals surface area contributed by atoms with Gasteiger partial charge in [0, 0.05) is 15.8 Å². The van der Waals surface area contributed by atoms with Gasteiger partial charge in [-0.2, -0.15) is 0 Å². The number of hydrogen-bond donors (Lipinski definition) is 0. The van der Waals surface area contributed by atoms with E-state index >= 15 is 0 Å². The van der Waals surface area contributed by atoms with Gasteiger partial charge in [-0.15, -0.1) is 0 Å². The molecule has 0 radical (unpaired) electrons. The molecule has 0 atom stereocenters. The van der Waals surface area contributed by atoms with Crippen molar-refractivity contribution in [2.45, 2.75) is 13.8 Å². The van der Waals surface area contributed by atoms with E-state index < -0.39 is 5.97 Å². The molecule has 4 aromatic rings. The summed E-state index contributed by atoms with van der Waals surface area (Å²) in [7, 11) is 0. The van der Waals surface area contributed by atoms with Crippen LogP contribution in [0.25, 0.3) is 21.8 Å². The first kappa shape index (κ1) is 16.6. The third kappa shape index (κ3) is 2.80. The molecule has 26 heavy (non-hydrogen) atoms. The van der Waals surface area contributed by atoms with Crippen LogP contribution in [0.15, 0.2) is 60.7 Å². The number of para-hydroxylation sites is 2. The molecule has 0 amide bonds. The molecule has 4 heteroatoms. The van der Waals surface area contributed by atoms with E-state index in [0.29, 0.717) is 16.3 Å². The van der Waals surface area contributed by atoms with E-state index in [2.05, 4.69) is 4.98 Å². The fourth-order valence-corrected chi connectivity index (χ4v) is 3.59. The van der Waals surface area contributed by atoms with Crippen LogP contribution >= 0.6 is 11.6 Å². The normalized spacial score (nSPS) is 11.0. The standard InChI is InChI=1S/C22H16ClNO2/c1-13-11-15(23)12-14(2)21(13)26-22(25)20-16-7-3-5-9-18(16)24-19-10-6-4-8-17(19)20/h3-12H,1-2H3. The van der Waals surface area contributed by atoms with Crippen molar-refractivity contribution in [3.63, 3.8) is 0 Å². The number of hydrogen-bond acceptors (Lipinski definition) is 3. The highest BCUT2D eigenvalue weighted by molar-refractivity contribution is 6.30. The molecular weight excluding hydrogens is 346 g/mol. The van der Waals surface area contributed by atoms with Crippen molar-refractivity contribution in [1.82, 2.24) is 4.98 Å². The minimum Gasteiger partial charge on any atom is -0.422 e. The van der Waals surface area contributed by atoms with Crippen molar-refractivity contribution in [3.05, 3.63) is 82.4 Å². The van der Waals surface area contributed by atoms with E-state index in [9.17, 15) is 4.79 Å². The number of aryl methyl sites for hydroxylation is 2. The molecule has 1 aromatic heterocycles. The first-order valence-corrected chi connectivity index (χ1v) is 8.69. The van der Waals surface area contributed by atoms with Crippen LogP contribution in [0.3, 0.4) is 0 Å². The second-order valence-corrected chi connectivity index (χ2v) is 6.72. The molecule has 0 aliphatic rings. The minimum absolute atomic E-state index is 0.395. The summed E-state index contributed by atoms with van der Waals surface area (Å²) in [6.45, 7) is 3.76. The topological polar surface area (TPSA) is 39.2 Å². The Balaban J connectivity index is 1.91. The van der Waals surface area contributed by atoms with Crippen molar-refractivity contribution in [3.8, 4) is 5.75 Å². The van der Waals surface area contributed by atoms with Crippen molar-refractivity contribution >= 4 is 39.4 Å². The zero-order valence-corrected chi connectivity index (χ0v) is 15.2. The maximum absolute atomic E-state index is 13.1. The van der Waals surface area contributed by atoms with Gasteiger partial charge >= 0.3 is 5.97 Å². The second-order valence-electron chi connectivity index (χ2n) is 6.28. The number of nitrogens with zero attached hydrogens (tertiary/aromatic N) is 1. The van der Waals surface area contributed by atoms with E-state index in [1.165, 1.54) is 0 Å². The summed E-state index contributed by atoms with van der Waals surface area (Å²) in [6.07, 6.45) is 0. The zero-order valence-electron chi connectivity index (χ0n) is 14.4. The average Bonchev–Trinajstić information content (AvgIpc) is 2.62. The fourth-order valence-electron chi connectivity index (χ4n) is 3.26. The fraction of sp³-hybridized carbons (Fsp3) is 0.0909. The number of pyridine rings is 1. The maximum atomic E-state index is 13.1. The third-order valence-electron chi connectivity index (χ3n) is 4.41. The Morgan fingerprint density at radius 3 is 1.92 bits per heavy atom. The Hall–Kier alpha value is -2.91. The van der Waals surface area contributed by atoms with Gasteiger partial charge in [-0.05, 0) is 49.2 Å². The number of esters is 1. The number of fused-ring (bicyclic) bond motifs is 2. The van der Waals surface area contributed by atoms with Gasteiger partial charge in [0.25, 0.3) is 0 Å². The predicted octanol–water partition coefficient (Wildman–Crippen LogP) is 5.88. The number of carbonyl (C=O) groups excluding carboxylic acids is 1. The van der Waals surface area contributed by atoms with Crippen molar-refractivity contribution in [2.24, 2.45) is 0 Å². The van der Waals surface area contributed by atoms with Crippen molar-refractivity contribution in [1.29, 1.82) is 0 Å². The number of benzene rings is 3. The molecule has 4 rings (SSSR count). The lowest BCUT2D eigenvalue weighted by molar-refractivity contribution is 0.0736. The molecule has 0 unspecified atom stereocenters. The van der Waals surface area contributed by atoms with Crippen LogP contribution in [0.4, 0.5) is 0 Å². The predicted molar refractivity (Wildman–Crippen MR) is 105 cm³/mol. The zero-order chi connectivity index (χ0) is 18.3. The molecule has 0 aliphatic heterocycles. The van der Waals surface area contributed by atoms with Gasteiger partial charge in [0.15, 0.2) is 0 Å². The Morgan fingerprint density at radius 2 is 1.38 bits per heavy atom. The minimum atomic E-state index is -0.395. The second kappa shape index (κ2) is 6.43. The van der Waals surface area contributed by atoms with Gasteiger partial charge in [-0.25, -0.2) is 9.78 Å². The van der Waals surface area contributed by atoms with Crippen LogP contribution in [0.5, 0.6) is 5.75 Å². The van der Waals surface area contributed by atoms with Crippen LogP contribution in [-0.4, -0.2) is 11.0 Å². The summed E-state index contributed by atoms with van der Waals surface area (Å²) in [5.41, 5.74) is 3.71. The summed E-state index contributed by atoms with van der Waals surface area (Å²) in [6, 6.07) is 18.8. The average molecular weight is 362 g/mol. The monoisotopic (exact) mass is 361 g/mol. The van der Waals surface area contributed by atoms with Gasteiger partial charge in [-0.3, -0.25) is 0 Å². The molecule has 0 saturated heterocycles. The lowest BCUT2D eigenvalue weighted by Crippen LogP contribution is -2.12. The highest BCUT2D eigenvalue weighted by Crippen LogP contribution is 2.31. The largest absolute Gasteiger partial charge is 0.422 e. The summed E-state index contributed by atoms with van der Waals surface area (Å²) in [5.74, 6) is 0.151. The molecule has 3 nitrogen and oxygen atoms in total. The lowest BCUT2D eigenvalue weighted by atomic mass is 10.0. The SMILES string of the molecule is Cc1cc(Cl)cc(C)c1OC(=O)c1c2ccccc2nc2ccccc12. The van der Waals surface area contributed by atoms with Gasteiger partial charge in [0.2, 0.25) is 0 Å². The van der Waals surface area contributed by atoms with Gasteiger partial charge < -0.3 is 4.74 Å². The van der Waals surface area contributed by atoms with E-state index in [1.54, 1.807) is 12.1 Å². The van der Waals surface area contributed by atoms with Gasteiger partial charge in [0.05, 0.1) is 16.6 Å². The smallest absolute Gasteiger partial charge is 0.344 e. The van der Waals surface area contributed by atoms with Gasteiger partial charge in [0.1, 0.15) is 5.75 Å². The molecular formula is C22H16ClNO2. The molecule has 0 bridgehead atoms. The van der Waals surface area contributed by atoms with Crippen LogP contribution in [-0.2, 0) is 0 Å². The molecule has 1 heterocycles. The first-order valence-electron chi connectivity index (χ1n) is 8.31. The Morgan fingerprint density at radius 1 is 0.885 bits per heavy atom. The molecule has 0 aliphatic carbocycles. The van der Waals surface area contributed by atoms with Crippen LogP contribution in [0, 0.1) is 13.8 Å². The van der Waals surface area contributed by atoms with Crippen molar-refractivity contribution in [2.75, 3.05) is 0 Å². The first-order chi connectivity index (χ1) is 12.5. The maximum Gasteiger partial charge on any atom is 0.344 e. The Labute approximate surface area is 156 Å². The highest BCUT2D eigenvalue weighted by Gasteiger charge is 2.19. The number of halogens is 1. The van der Waals surface area contributed by atoms with E-state index in [1.807, 2.05) is 62.4 Å². The third-order valence-corrected chi connectivity index (χ3v) is 4.63. The Bertz CT molecular complexity index is 1090. The molecule has 0 N–H and O–H groups in total. The number of rotatable bonds is 2. The summed E-state index contributed by atoms with van der Waals surface area (Å²) >= 11 is 6.08. The van der Waals surface area contributed by atoms with Gasteiger partial charge in [-0.1, -0.05) is 48.0 Å². The van der Waals surface area contributed by atoms with Crippen LogP contribution in [0.1, 0.15) is 21.5 Å². The molecule has 0 saturated carbocycles. The van der Waals surface area contributed by atoms with Crippen molar-refractivity contribution < 1.29 is 9.53 Å². The molecule has 0 fully saturated rings. The van der Waals surface area contributed by atoms with E-state index in [-0.39, 0.29) is 0 Å². The Kier molecular flexibility index (Phi) is 4.09. The van der Waals surface area contributed by atoms with E-state index in [4.69, 9.17) is 16.3 Å². The van der Waals surface area contributed by atoms with Crippen LogP contribution < -0.4 is 4.74 Å². The molecule has 128 valence electrons. The summed E-state index contributed by atoms with van der Waals surface area (Å²) < 4.78 is 5.81.